The smallest absolute Gasteiger partial charge is 0.262 e. The number of aromatic amines is 1. The van der Waals surface area contributed by atoms with E-state index in [-0.39, 0.29) is 23.2 Å². The lowest BCUT2D eigenvalue weighted by Gasteiger charge is -2.41. The van der Waals surface area contributed by atoms with Crippen molar-refractivity contribution in [3.8, 4) is 0 Å². The van der Waals surface area contributed by atoms with E-state index in [9.17, 15) is 14.0 Å². The van der Waals surface area contributed by atoms with Crippen LogP contribution < -0.4 is 10.9 Å². The first kappa shape index (κ1) is 24.8. The van der Waals surface area contributed by atoms with Gasteiger partial charge in [-0.2, -0.15) is 0 Å². The number of nitrogens with one attached hydrogen (secondary N) is 2. The van der Waals surface area contributed by atoms with Crippen LogP contribution in [0.3, 0.4) is 0 Å². The average Bonchev–Trinajstić information content (AvgIpc) is 3.35. The van der Waals surface area contributed by atoms with Gasteiger partial charge in [-0.05, 0) is 68.5 Å². The van der Waals surface area contributed by atoms with Crippen molar-refractivity contribution in [2.75, 3.05) is 38.2 Å². The SMILES string of the molecule is CC(=O)Nc1ccc2c(=O)n(CCN3CCC(C4(c5ccc(F)cc5)OCCO4)CC3)c(=S)[nH]c2c1. The number of halogens is 1. The van der Waals surface area contributed by atoms with Gasteiger partial charge in [0.25, 0.3) is 5.56 Å². The van der Waals surface area contributed by atoms with Gasteiger partial charge in [0.1, 0.15) is 5.82 Å². The fourth-order valence-electron chi connectivity index (χ4n) is 5.27. The molecule has 0 saturated carbocycles. The Hall–Kier alpha value is -2.92. The van der Waals surface area contributed by atoms with Crippen LogP contribution in [-0.2, 0) is 26.6 Å². The maximum absolute atomic E-state index is 13.5. The van der Waals surface area contributed by atoms with Crippen LogP contribution in [0.4, 0.5) is 10.1 Å². The minimum absolute atomic E-state index is 0.152. The third-order valence-corrected chi connectivity index (χ3v) is 7.35. The number of rotatable bonds is 6. The number of carbonyl (C=O) groups is 1. The van der Waals surface area contributed by atoms with Crippen molar-refractivity contribution < 1.29 is 18.7 Å². The van der Waals surface area contributed by atoms with Crippen molar-refractivity contribution in [3.63, 3.8) is 0 Å². The maximum atomic E-state index is 13.5. The molecule has 1 amide bonds. The topological polar surface area (TPSA) is 88.6 Å². The van der Waals surface area contributed by atoms with E-state index in [2.05, 4.69) is 15.2 Å². The minimum atomic E-state index is -0.825. The number of likely N-dealkylation sites (tertiary alicyclic amines) is 1. The number of H-pyrrole nitrogens is 1. The summed E-state index contributed by atoms with van der Waals surface area (Å²) in [4.78, 5) is 29.9. The number of piperidine rings is 1. The van der Waals surface area contributed by atoms with Gasteiger partial charge in [0.05, 0.1) is 24.1 Å². The summed E-state index contributed by atoms with van der Waals surface area (Å²) in [6.07, 6.45) is 1.73. The Kier molecular flexibility index (Phi) is 7.03. The molecule has 5 rings (SSSR count). The quantitative estimate of drug-likeness (QED) is 0.489. The molecule has 2 aliphatic rings. The first-order chi connectivity index (χ1) is 17.4. The van der Waals surface area contributed by atoms with Crippen LogP contribution in [0.2, 0.25) is 0 Å². The highest BCUT2D eigenvalue weighted by Crippen LogP contribution is 2.43. The van der Waals surface area contributed by atoms with Gasteiger partial charge in [0.15, 0.2) is 10.6 Å². The molecule has 2 fully saturated rings. The minimum Gasteiger partial charge on any atom is -0.343 e. The summed E-state index contributed by atoms with van der Waals surface area (Å²) in [5.41, 5.74) is 1.90. The number of fused-ring (bicyclic) bond motifs is 1. The lowest BCUT2D eigenvalue weighted by molar-refractivity contribution is -0.214. The molecule has 0 aliphatic carbocycles. The molecule has 8 nitrogen and oxygen atoms in total. The Morgan fingerprint density at radius 2 is 1.83 bits per heavy atom. The number of amides is 1. The van der Waals surface area contributed by atoms with E-state index in [0.29, 0.717) is 47.7 Å². The molecule has 0 bridgehead atoms. The first-order valence-electron chi connectivity index (χ1n) is 12.2. The van der Waals surface area contributed by atoms with E-state index in [0.717, 1.165) is 31.5 Å². The number of anilines is 1. The summed E-state index contributed by atoms with van der Waals surface area (Å²) < 4.78 is 27.7. The van der Waals surface area contributed by atoms with Crippen molar-refractivity contribution in [2.45, 2.75) is 32.1 Å². The summed E-state index contributed by atoms with van der Waals surface area (Å²) in [7, 11) is 0. The number of hydrogen-bond donors (Lipinski definition) is 2. The van der Waals surface area contributed by atoms with E-state index in [1.54, 1.807) is 34.9 Å². The van der Waals surface area contributed by atoms with E-state index in [1.165, 1.54) is 19.1 Å². The van der Waals surface area contributed by atoms with E-state index >= 15 is 0 Å². The van der Waals surface area contributed by atoms with E-state index in [4.69, 9.17) is 21.7 Å². The lowest BCUT2D eigenvalue weighted by Crippen LogP contribution is -2.45. The van der Waals surface area contributed by atoms with Crippen LogP contribution in [-0.4, -0.2) is 53.2 Å². The molecular formula is C26H29FN4O4S. The standard InChI is InChI=1S/C26H29FN4O4S/c1-17(32)28-21-6-7-22-23(16-21)29-25(36)31(24(22)33)13-12-30-10-8-19(9-11-30)26(34-14-15-35-26)18-2-4-20(27)5-3-18/h2-7,16,19H,8-15H2,1H3,(H,28,32)(H,29,36). The third kappa shape index (κ3) is 4.86. The largest absolute Gasteiger partial charge is 0.343 e. The number of hydrogen-bond acceptors (Lipinski definition) is 6. The van der Waals surface area contributed by atoms with Crippen LogP contribution in [0.15, 0.2) is 47.3 Å². The average molecular weight is 513 g/mol. The molecule has 2 saturated heterocycles. The number of benzene rings is 2. The van der Waals surface area contributed by atoms with Crippen molar-refractivity contribution in [1.82, 2.24) is 14.5 Å². The number of ether oxygens (including phenoxy) is 2. The van der Waals surface area contributed by atoms with Crippen molar-refractivity contribution in [2.24, 2.45) is 5.92 Å². The van der Waals surface area contributed by atoms with E-state index in [1.807, 2.05) is 0 Å². The third-order valence-electron chi connectivity index (χ3n) is 7.03. The molecule has 2 N–H and O–H groups in total. The molecule has 10 heteroatoms. The van der Waals surface area contributed by atoms with Crippen molar-refractivity contribution in [3.05, 3.63) is 69.0 Å². The normalized spacial score (nSPS) is 18.5. The Balaban J connectivity index is 1.26. The van der Waals surface area contributed by atoms with Gasteiger partial charge in [-0.25, -0.2) is 4.39 Å². The highest BCUT2D eigenvalue weighted by Gasteiger charge is 2.46. The molecule has 2 aliphatic heterocycles. The monoisotopic (exact) mass is 512 g/mol. The fraction of sp³-hybridized carbons (Fsp3) is 0.423. The summed E-state index contributed by atoms with van der Waals surface area (Å²) in [5.74, 6) is -1.13. The zero-order valence-electron chi connectivity index (χ0n) is 20.1. The van der Waals surface area contributed by atoms with Crippen molar-refractivity contribution >= 4 is 34.7 Å². The van der Waals surface area contributed by atoms with Gasteiger partial charge in [-0.1, -0.05) is 12.1 Å². The molecule has 36 heavy (non-hydrogen) atoms. The molecule has 0 unspecified atom stereocenters. The van der Waals surface area contributed by atoms with Gasteiger partial charge >= 0.3 is 0 Å². The van der Waals surface area contributed by atoms with Gasteiger partial charge < -0.3 is 24.7 Å². The molecule has 0 spiro atoms. The predicted octanol–water partition coefficient (Wildman–Crippen LogP) is 3.77. The summed E-state index contributed by atoms with van der Waals surface area (Å²) in [6.45, 7) is 5.30. The molecule has 0 radical (unpaired) electrons. The van der Waals surface area contributed by atoms with Crippen LogP contribution in [0.1, 0.15) is 25.3 Å². The van der Waals surface area contributed by atoms with Crippen molar-refractivity contribution in [1.29, 1.82) is 0 Å². The van der Waals surface area contributed by atoms with Gasteiger partial charge in [-0.15, -0.1) is 0 Å². The number of nitrogens with zero attached hydrogens (tertiary/aromatic N) is 2. The Morgan fingerprint density at radius 1 is 1.14 bits per heavy atom. The van der Waals surface area contributed by atoms with Gasteiger partial charge in [-0.3, -0.25) is 14.2 Å². The highest BCUT2D eigenvalue weighted by molar-refractivity contribution is 7.71. The zero-order valence-corrected chi connectivity index (χ0v) is 20.9. The van der Waals surface area contributed by atoms with Crippen LogP contribution in [0, 0.1) is 16.5 Å². The molecule has 1 aromatic heterocycles. The summed E-state index contributed by atoms with van der Waals surface area (Å²) in [6, 6.07) is 11.5. The second kappa shape index (κ2) is 10.2. The maximum Gasteiger partial charge on any atom is 0.262 e. The van der Waals surface area contributed by atoms with Gasteiger partial charge in [0, 0.05) is 37.2 Å². The second-order valence-electron chi connectivity index (χ2n) is 9.32. The predicted molar refractivity (Wildman–Crippen MR) is 137 cm³/mol. The van der Waals surface area contributed by atoms with Crippen LogP contribution in [0.25, 0.3) is 10.9 Å². The molecular weight excluding hydrogens is 483 g/mol. The zero-order chi connectivity index (χ0) is 25.3. The first-order valence-corrected chi connectivity index (χ1v) is 12.6. The van der Waals surface area contributed by atoms with Crippen LogP contribution >= 0.6 is 12.2 Å². The number of carbonyl (C=O) groups excluding carboxylic acids is 1. The second-order valence-corrected chi connectivity index (χ2v) is 9.70. The molecule has 0 atom stereocenters. The lowest BCUT2D eigenvalue weighted by atomic mass is 9.84. The highest BCUT2D eigenvalue weighted by atomic mass is 32.1. The molecule has 3 heterocycles. The molecule has 190 valence electrons. The van der Waals surface area contributed by atoms with Gasteiger partial charge in [0.2, 0.25) is 5.91 Å². The molecule has 3 aromatic rings. The Labute approximate surface area is 213 Å². The Morgan fingerprint density at radius 3 is 2.50 bits per heavy atom. The molecule has 2 aromatic carbocycles. The Bertz CT molecular complexity index is 1370. The fourth-order valence-corrected chi connectivity index (χ4v) is 5.55. The van der Waals surface area contributed by atoms with E-state index < -0.39 is 5.79 Å². The summed E-state index contributed by atoms with van der Waals surface area (Å²) in [5, 5.41) is 3.24. The summed E-state index contributed by atoms with van der Waals surface area (Å²) >= 11 is 5.48. The van der Waals surface area contributed by atoms with Crippen LogP contribution in [0.5, 0.6) is 0 Å². The number of aromatic nitrogens is 2.